The quantitative estimate of drug-likeness (QED) is 0.796. The van der Waals surface area contributed by atoms with E-state index < -0.39 is 24.5 Å². The Morgan fingerprint density at radius 3 is 1.39 bits per heavy atom. The van der Waals surface area contributed by atoms with Crippen LogP contribution in [0.25, 0.3) is 0 Å². The molecule has 0 saturated carbocycles. The van der Waals surface area contributed by atoms with E-state index in [0.717, 1.165) is 11.1 Å². The second-order valence-corrected chi connectivity index (χ2v) is 6.74. The highest BCUT2D eigenvalue weighted by Gasteiger charge is 2.53. The topological polar surface area (TPSA) is 62.3 Å². The second kappa shape index (κ2) is 8.31. The van der Waals surface area contributed by atoms with Crippen LogP contribution in [-0.4, -0.2) is 47.4 Å². The van der Waals surface area contributed by atoms with Crippen molar-refractivity contribution in [3.8, 4) is 0 Å². The smallest absolute Gasteiger partial charge is 0.430 e. The molecule has 1 saturated heterocycles. The highest BCUT2D eigenvalue weighted by molar-refractivity contribution is 5.75. The van der Waals surface area contributed by atoms with Crippen LogP contribution in [0.3, 0.4) is 0 Å². The van der Waals surface area contributed by atoms with Gasteiger partial charge in [-0.15, -0.1) is 0 Å². The van der Waals surface area contributed by atoms with Crippen LogP contribution >= 0.6 is 0 Å². The van der Waals surface area contributed by atoms with Gasteiger partial charge in [-0.25, -0.2) is 14.5 Å². The monoisotopic (exact) mass is 383 g/mol. The average molecular weight is 383 g/mol. The summed E-state index contributed by atoms with van der Waals surface area (Å²) in [6.45, 7) is 4.06. The number of ether oxygens (including phenoxy) is 2. The summed E-state index contributed by atoms with van der Waals surface area (Å²) in [6, 6.07) is 19.2. The first-order valence-electron chi connectivity index (χ1n) is 9.12. The summed E-state index contributed by atoms with van der Waals surface area (Å²) in [5, 5.41) is 2.66. The van der Waals surface area contributed by atoms with Crippen molar-refractivity contribution in [1.29, 1.82) is 0 Å². The lowest BCUT2D eigenvalue weighted by Gasteiger charge is -2.32. The molecule has 1 heterocycles. The molecule has 2 atom stereocenters. The maximum absolute atomic E-state index is 12.8. The molecule has 0 spiro atoms. The summed E-state index contributed by atoms with van der Waals surface area (Å²) in [4.78, 5) is 27.7. The summed E-state index contributed by atoms with van der Waals surface area (Å²) in [5.74, 6) is 0. The van der Waals surface area contributed by atoms with Crippen molar-refractivity contribution in [3.63, 3.8) is 0 Å². The van der Waals surface area contributed by atoms with Crippen LogP contribution < -0.4 is 0 Å². The van der Waals surface area contributed by atoms with Crippen molar-refractivity contribution in [2.24, 2.45) is 0 Å². The molecule has 0 N–H and O–H groups in total. The van der Waals surface area contributed by atoms with Crippen LogP contribution in [0, 0.1) is 0 Å². The van der Waals surface area contributed by atoms with Crippen LogP contribution in [0.15, 0.2) is 60.7 Å². The predicted molar refractivity (Wildman–Crippen MR) is 104 cm³/mol. The number of hydrazine groups is 1. The van der Waals surface area contributed by atoms with Gasteiger partial charge in [-0.3, -0.25) is 0 Å². The van der Waals surface area contributed by atoms with Crippen molar-refractivity contribution in [3.05, 3.63) is 71.8 Å². The number of hydrogen-bond donors (Lipinski definition) is 0. The summed E-state index contributed by atoms with van der Waals surface area (Å²) >= 11 is 0. The number of hydrogen-bond acceptors (Lipinski definition) is 5. The van der Waals surface area contributed by atoms with Crippen molar-refractivity contribution in [2.75, 3.05) is 14.2 Å². The van der Waals surface area contributed by atoms with Crippen LogP contribution in [0.4, 0.5) is 9.59 Å². The molecule has 0 radical (unpaired) electrons. The van der Waals surface area contributed by atoms with Crippen LogP contribution in [0.2, 0.25) is 0 Å². The second-order valence-electron chi connectivity index (χ2n) is 6.74. The van der Waals surface area contributed by atoms with Crippen LogP contribution in [-0.2, 0) is 9.47 Å². The van der Waals surface area contributed by atoms with E-state index in [1.807, 2.05) is 74.5 Å². The molecule has 1 fully saturated rings. The van der Waals surface area contributed by atoms with E-state index >= 15 is 0 Å². The minimum atomic E-state index is -0.636. The maximum atomic E-state index is 12.8. The first-order chi connectivity index (χ1) is 13.5. The SMILES string of the molecule is COC(=O)N1[C@@H](c2ccccc2)N(C(C)C)[C@H](c2ccccc2)N1C(=O)OC. The zero-order chi connectivity index (χ0) is 20.3. The van der Waals surface area contributed by atoms with Crippen molar-refractivity contribution >= 4 is 12.2 Å². The third-order valence-corrected chi connectivity index (χ3v) is 4.78. The summed E-state index contributed by atoms with van der Waals surface area (Å²) in [5.41, 5.74) is 1.74. The molecule has 0 bridgehead atoms. The number of nitrogens with zero attached hydrogens (tertiary/aromatic N) is 3. The predicted octanol–water partition coefficient (Wildman–Crippen LogP) is 4.16. The van der Waals surface area contributed by atoms with Gasteiger partial charge in [0.2, 0.25) is 0 Å². The van der Waals surface area contributed by atoms with Gasteiger partial charge in [0, 0.05) is 6.04 Å². The minimum absolute atomic E-state index is 0.0113. The molecule has 148 valence electrons. The number of carbonyl (C=O) groups is 2. The van der Waals surface area contributed by atoms with Gasteiger partial charge < -0.3 is 9.47 Å². The van der Waals surface area contributed by atoms with Gasteiger partial charge in [0.15, 0.2) is 0 Å². The molecule has 0 aliphatic carbocycles. The molecule has 2 amide bonds. The Bertz CT molecular complexity index is 747. The first-order valence-corrected chi connectivity index (χ1v) is 9.12. The van der Waals surface area contributed by atoms with E-state index in [1.165, 1.54) is 24.2 Å². The molecule has 2 aromatic rings. The molecular weight excluding hydrogens is 358 g/mol. The Balaban J connectivity index is 2.24. The molecule has 0 aromatic heterocycles. The van der Waals surface area contributed by atoms with Gasteiger partial charge in [0.25, 0.3) is 0 Å². The van der Waals surface area contributed by atoms with Crippen LogP contribution in [0.5, 0.6) is 0 Å². The minimum Gasteiger partial charge on any atom is -0.451 e. The molecule has 1 aliphatic heterocycles. The van der Waals surface area contributed by atoms with Crippen molar-refractivity contribution < 1.29 is 19.1 Å². The molecular formula is C21H25N3O4. The zero-order valence-electron chi connectivity index (χ0n) is 16.5. The fourth-order valence-electron chi connectivity index (χ4n) is 3.63. The Morgan fingerprint density at radius 1 is 0.750 bits per heavy atom. The molecule has 7 heteroatoms. The molecule has 7 nitrogen and oxygen atoms in total. The van der Waals surface area contributed by atoms with Crippen molar-refractivity contribution in [2.45, 2.75) is 32.2 Å². The average Bonchev–Trinajstić information content (AvgIpc) is 3.10. The Hall–Kier alpha value is -3.06. The summed E-state index contributed by atoms with van der Waals surface area (Å²) in [6.07, 6.45) is -2.33. The van der Waals surface area contributed by atoms with E-state index in [1.54, 1.807) is 0 Å². The van der Waals surface area contributed by atoms with E-state index in [2.05, 4.69) is 4.90 Å². The summed E-state index contributed by atoms with van der Waals surface area (Å²) < 4.78 is 10.1. The fraction of sp³-hybridized carbons (Fsp3) is 0.333. The van der Waals surface area contributed by atoms with E-state index in [-0.39, 0.29) is 6.04 Å². The standard InChI is InChI=1S/C21H25N3O4/c1-15(2)22-18(16-11-7-5-8-12-16)23(20(25)27-3)24(21(26)28-4)19(22)17-13-9-6-10-14-17/h5-15,18-19H,1-4H3/t18-,19-/m0/s1. The van der Waals surface area contributed by atoms with Gasteiger partial charge in [-0.1, -0.05) is 60.7 Å². The van der Waals surface area contributed by atoms with E-state index in [9.17, 15) is 9.59 Å². The zero-order valence-corrected chi connectivity index (χ0v) is 16.5. The van der Waals surface area contributed by atoms with Gasteiger partial charge in [-0.05, 0) is 25.0 Å². The normalized spacial score (nSPS) is 19.8. The van der Waals surface area contributed by atoms with Gasteiger partial charge in [0.05, 0.1) is 14.2 Å². The number of carbonyl (C=O) groups excluding carboxylic acids is 2. The van der Waals surface area contributed by atoms with Gasteiger partial charge >= 0.3 is 12.2 Å². The highest BCUT2D eigenvalue weighted by atomic mass is 16.6. The molecule has 28 heavy (non-hydrogen) atoms. The lowest BCUT2D eigenvalue weighted by Crippen LogP contribution is -2.46. The lowest BCUT2D eigenvalue weighted by molar-refractivity contribution is -0.0129. The maximum Gasteiger partial charge on any atom is 0.430 e. The molecule has 2 aromatic carbocycles. The Morgan fingerprint density at radius 2 is 1.11 bits per heavy atom. The lowest BCUT2D eigenvalue weighted by atomic mass is 10.1. The molecule has 3 rings (SSSR count). The van der Waals surface area contributed by atoms with Crippen molar-refractivity contribution in [1.82, 2.24) is 14.9 Å². The number of rotatable bonds is 3. The molecule has 0 unspecified atom stereocenters. The Kier molecular flexibility index (Phi) is 5.84. The van der Waals surface area contributed by atoms with Crippen LogP contribution in [0.1, 0.15) is 37.3 Å². The van der Waals surface area contributed by atoms with Gasteiger partial charge in [-0.2, -0.15) is 10.0 Å². The number of amides is 2. The third kappa shape index (κ3) is 3.41. The Labute approximate surface area is 165 Å². The molecule has 1 aliphatic rings. The van der Waals surface area contributed by atoms with E-state index in [4.69, 9.17) is 9.47 Å². The summed E-state index contributed by atoms with van der Waals surface area (Å²) in [7, 11) is 2.60. The third-order valence-electron chi connectivity index (χ3n) is 4.78. The first kappa shape index (κ1) is 19.7. The number of benzene rings is 2. The number of methoxy groups -OCH3 is 2. The van der Waals surface area contributed by atoms with Gasteiger partial charge in [0.1, 0.15) is 12.3 Å². The fourth-order valence-corrected chi connectivity index (χ4v) is 3.63. The highest BCUT2D eigenvalue weighted by Crippen LogP contribution is 2.46. The largest absolute Gasteiger partial charge is 0.451 e. The van der Waals surface area contributed by atoms with E-state index in [0.29, 0.717) is 0 Å².